The number of imidazole rings is 1. The molecule has 0 aliphatic rings. The number of hydrogen-bond donors (Lipinski definition) is 2. The number of aryl methyl sites for hydroxylation is 1. The molecule has 9 heteroatoms. The molecule has 0 unspecified atom stereocenters. The Morgan fingerprint density at radius 1 is 1.09 bits per heavy atom. The highest BCUT2D eigenvalue weighted by molar-refractivity contribution is 7.89. The summed E-state index contributed by atoms with van der Waals surface area (Å²) >= 11 is 0. The molecule has 2 N–H and O–H groups in total. The fourth-order valence-corrected chi connectivity index (χ4v) is 4.97. The summed E-state index contributed by atoms with van der Waals surface area (Å²) in [7, 11) is -2.76. The molecule has 0 fully saturated rings. The number of nitrogens with zero attached hydrogens (tertiary/aromatic N) is 3. The molecule has 0 saturated heterocycles. The second kappa shape index (κ2) is 8.52. The van der Waals surface area contributed by atoms with Gasteiger partial charge in [0.05, 0.1) is 16.1 Å². The lowest BCUT2D eigenvalue weighted by molar-refractivity contribution is -0.141. The van der Waals surface area contributed by atoms with Gasteiger partial charge in [-0.3, -0.25) is 9.78 Å². The third kappa shape index (κ3) is 4.12. The van der Waals surface area contributed by atoms with Gasteiger partial charge >= 0.3 is 5.97 Å². The molecule has 32 heavy (non-hydrogen) atoms. The number of H-pyrrole nitrogens is 1. The number of carboxylic acid groups (broad SMARTS) is 1. The molecule has 0 radical (unpaired) electrons. The zero-order valence-corrected chi connectivity index (χ0v) is 18.4. The predicted molar refractivity (Wildman–Crippen MR) is 120 cm³/mol. The molecule has 0 amide bonds. The zero-order chi connectivity index (χ0) is 22.9. The molecule has 4 aromatic rings. The standard InChI is InChI=1S/C23H22N4O4S/c1-15-25-19-12-13-24-20(21(19)26-15)14-16-8-10-18(11-9-16)32(30,31)27(2)22(23(28)29)17-6-4-3-5-7-17/h3-13,22H,14H2,1-2H3,(H,25,26)(H,28,29)/t22-/m0/s1. The van der Waals surface area contributed by atoms with Crippen LogP contribution < -0.4 is 0 Å². The molecule has 0 spiro atoms. The summed E-state index contributed by atoms with van der Waals surface area (Å²) in [5.41, 5.74) is 3.72. The van der Waals surface area contributed by atoms with E-state index >= 15 is 0 Å². The van der Waals surface area contributed by atoms with Gasteiger partial charge in [0.1, 0.15) is 17.4 Å². The van der Waals surface area contributed by atoms with Crippen molar-refractivity contribution in [1.29, 1.82) is 0 Å². The number of aliphatic carboxylic acids is 1. The average Bonchev–Trinajstić information content (AvgIpc) is 3.16. The summed E-state index contributed by atoms with van der Waals surface area (Å²) in [4.78, 5) is 24.0. The summed E-state index contributed by atoms with van der Waals surface area (Å²) in [6, 6.07) is 15.2. The van der Waals surface area contributed by atoms with E-state index in [1.165, 1.54) is 19.2 Å². The number of hydrogen-bond acceptors (Lipinski definition) is 5. The third-order valence-electron chi connectivity index (χ3n) is 5.28. The van der Waals surface area contributed by atoms with Crippen LogP contribution >= 0.6 is 0 Å². The van der Waals surface area contributed by atoms with Gasteiger partial charge in [0.25, 0.3) is 0 Å². The number of fused-ring (bicyclic) bond motifs is 1. The molecule has 4 rings (SSSR count). The Hall–Kier alpha value is -3.56. The van der Waals surface area contributed by atoms with Crippen LogP contribution in [0.4, 0.5) is 0 Å². The molecular weight excluding hydrogens is 428 g/mol. The average molecular weight is 451 g/mol. The van der Waals surface area contributed by atoms with Gasteiger partial charge in [0.2, 0.25) is 10.0 Å². The molecule has 2 aromatic carbocycles. The van der Waals surface area contributed by atoms with Crippen LogP contribution in [0, 0.1) is 6.92 Å². The highest BCUT2D eigenvalue weighted by Gasteiger charge is 2.34. The summed E-state index contributed by atoms with van der Waals surface area (Å²) in [6.45, 7) is 1.87. The second-order valence-corrected chi connectivity index (χ2v) is 9.47. The van der Waals surface area contributed by atoms with Crippen molar-refractivity contribution in [3.63, 3.8) is 0 Å². The molecule has 0 aliphatic heterocycles. The molecule has 164 valence electrons. The summed E-state index contributed by atoms with van der Waals surface area (Å²) in [5.74, 6) is -0.447. The van der Waals surface area contributed by atoms with Gasteiger partial charge in [-0.05, 0) is 36.2 Å². The first-order valence-electron chi connectivity index (χ1n) is 9.92. The quantitative estimate of drug-likeness (QED) is 0.446. The Morgan fingerprint density at radius 3 is 2.44 bits per heavy atom. The molecule has 0 saturated carbocycles. The van der Waals surface area contributed by atoms with Gasteiger partial charge in [0.15, 0.2) is 0 Å². The van der Waals surface area contributed by atoms with Crippen molar-refractivity contribution in [2.24, 2.45) is 0 Å². The van der Waals surface area contributed by atoms with Crippen LogP contribution in [0.15, 0.2) is 71.8 Å². The molecule has 8 nitrogen and oxygen atoms in total. The highest BCUT2D eigenvalue weighted by atomic mass is 32.2. The van der Waals surface area contributed by atoms with Gasteiger partial charge in [-0.15, -0.1) is 0 Å². The van der Waals surface area contributed by atoms with Crippen LogP contribution in [0.3, 0.4) is 0 Å². The number of aromatic amines is 1. The molecule has 2 aromatic heterocycles. The number of aromatic nitrogens is 3. The highest BCUT2D eigenvalue weighted by Crippen LogP contribution is 2.27. The maximum absolute atomic E-state index is 13.1. The van der Waals surface area contributed by atoms with E-state index in [-0.39, 0.29) is 4.90 Å². The molecule has 2 heterocycles. The van der Waals surface area contributed by atoms with Crippen molar-refractivity contribution in [3.05, 3.63) is 89.5 Å². The molecule has 0 bridgehead atoms. The van der Waals surface area contributed by atoms with Crippen LogP contribution in [-0.2, 0) is 21.2 Å². The van der Waals surface area contributed by atoms with Crippen LogP contribution in [-0.4, -0.2) is 45.8 Å². The largest absolute Gasteiger partial charge is 0.480 e. The van der Waals surface area contributed by atoms with Crippen LogP contribution in [0.2, 0.25) is 0 Å². The minimum Gasteiger partial charge on any atom is -0.480 e. The van der Waals surface area contributed by atoms with Crippen LogP contribution in [0.25, 0.3) is 11.0 Å². The smallest absolute Gasteiger partial charge is 0.326 e. The maximum atomic E-state index is 13.1. The number of sulfonamides is 1. The summed E-state index contributed by atoms with van der Waals surface area (Å²) in [5, 5.41) is 9.68. The van der Waals surface area contributed by atoms with Crippen molar-refractivity contribution in [3.8, 4) is 0 Å². The Bertz CT molecular complexity index is 1370. The summed E-state index contributed by atoms with van der Waals surface area (Å²) in [6.07, 6.45) is 2.19. The van der Waals surface area contributed by atoms with E-state index in [2.05, 4.69) is 15.0 Å². The van der Waals surface area contributed by atoms with Crippen molar-refractivity contribution in [2.75, 3.05) is 7.05 Å². The van der Waals surface area contributed by atoms with Gasteiger partial charge in [-0.2, -0.15) is 4.31 Å². The van der Waals surface area contributed by atoms with E-state index in [0.29, 0.717) is 12.0 Å². The Balaban J connectivity index is 1.60. The van der Waals surface area contributed by atoms with E-state index in [4.69, 9.17) is 0 Å². The number of pyridine rings is 1. The normalized spacial score (nSPS) is 12.8. The minimum atomic E-state index is -4.03. The fourth-order valence-electron chi connectivity index (χ4n) is 3.66. The molecule has 0 aliphatic carbocycles. The number of rotatable bonds is 7. The van der Waals surface area contributed by atoms with Crippen molar-refractivity contribution >= 4 is 27.0 Å². The first kappa shape index (κ1) is 21.7. The van der Waals surface area contributed by atoms with Crippen LogP contribution in [0.5, 0.6) is 0 Å². The number of benzene rings is 2. The van der Waals surface area contributed by atoms with E-state index in [9.17, 15) is 18.3 Å². The van der Waals surface area contributed by atoms with E-state index in [0.717, 1.165) is 32.4 Å². The van der Waals surface area contributed by atoms with E-state index in [1.807, 2.05) is 13.0 Å². The maximum Gasteiger partial charge on any atom is 0.326 e. The Kier molecular flexibility index (Phi) is 5.77. The van der Waals surface area contributed by atoms with Crippen molar-refractivity contribution < 1.29 is 18.3 Å². The number of nitrogens with one attached hydrogen (secondary N) is 1. The first-order valence-corrected chi connectivity index (χ1v) is 11.4. The Labute approximate surface area is 185 Å². The lowest BCUT2D eigenvalue weighted by atomic mass is 10.1. The third-order valence-corrected chi connectivity index (χ3v) is 7.12. The van der Waals surface area contributed by atoms with Gasteiger partial charge in [-0.25, -0.2) is 13.4 Å². The van der Waals surface area contributed by atoms with Gasteiger partial charge in [0, 0.05) is 19.7 Å². The molecular formula is C23H22N4O4S. The van der Waals surface area contributed by atoms with Gasteiger partial charge < -0.3 is 10.1 Å². The first-order chi connectivity index (χ1) is 15.3. The minimum absolute atomic E-state index is 0.0210. The SMILES string of the molecule is Cc1nc2c(Cc3ccc(S(=O)(=O)N(C)[C@H](C(=O)O)c4ccccc4)cc3)nccc2[nH]1. The lowest BCUT2D eigenvalue weighted by Gasteiger charge is -2.24. The topological polar surface area (TPSA) is 116 Å². The Morgan fingerprint density at radius 2 is 1.78 bits per heavy atom. The van der Waals surface area contributed by atoms with Crippen LogP contribution in [0.1, 0.15) is 28.7 Å². The second-order valence-electron chi connectivity index (χ2n) is 7.47. The van der Waals surface area contributed by atoms with Crippen molar-refractivity contribution in [2.45, 2.75) is 24.3 Å². The number of carbonyl (C=O) groups is 1. The van der Waals surface area contributed by atoms with E-state index < -0.39 is 22.0 Å². The number of likely N-dealkylation sites (N-methyl/N-ethyl adjacent to an activating group) is 1. The lowest BCUT2D eigenvalue weighted by Crippen LogP contribution is -2.35. The zero-order valence-electron chi connectivity index (χ0n) is 17.6. The van der Waals surface area contributed by atoms with E-state index in [1.54, 1.807) is 48.7 Å². The predicted octanol–water partition coefficient (Wildman–Crippen LogP) is 3.30. The fraction of sp³-hybridized carbons (Fsp3) is 0.174. The van der Waals surface area contributed by atoms with Gasteiger partial charge in [-0.1, -0.05) is 42.5 Å². The van der Waals surface area contributed by atoms with Crippen molar-refractivity contribution in [1.82, 2.24) is 19.3 Å². The summed E-state index contributed by atoms with van der Waals surface area (Å²) < 4.78 is 27.2. The monoisotopic (exact) mass is 450 g/mol. The molecule has 1 atom stereocenters. The number of carboxylic acids is 1.